The molecule has 0 unspecified atom stereocenters. The van der Waals surface area contributed by atoms with Crippen LogP contribution >= 0.6 is 23.2 Å². The van der Waals surface area contributed by atoms with Gasteiger partial charge in [0.15, 0.2) is 0 Å². The van der Waals surface area contributed by atoms with Crippen molar-refractivity contribution in [3.63, 3.8) is 0 Å². The molecular weight excluding hydrogens is 443 g/mol. The van der Waals surface area contributed by atoms with E-state index in [1.807, 2.05) is 6.08 Å². The number of ether oxygens (including phenoxy) is 1. The second-order valence-electron chi connectivity index (χ2n) is 7.18. The van der Waals surface area contributed by atoms with Gasteiger partial charge in [0.05, 0.1) is 18.6 Å². The zero-order valence-electron chi connectivity index (χ0n) is 16.6. The van der Waals surface area contributed by atoms with Gasteiger partial charge in [0.25, 0.3) is 5.91 Å². The molecule has 0 bridgehead atoms. The highest BCUT2D eigenvalue weighted by Gasteiger charge is 2.37. The quantitative estimate of drug-likeness (QED) is 0.291. The van der Waals surface area contributed by atoms with Crippen LogP contribution in [-0.4, -0.2) is 36.5 Å². The number of nitro groups is 1. The molecule has 2 aromatic carbocycles. The van der Waals surface area contributed by atoms with E-state index < -0.39 is 12.0 Å². The summed E-state index contributed by atoms with van der Waals surface area (Å²) in [5.74, 6) is -1.19. The molecule has 162 valence electrons. The number of nitrogens with zero attached hydrogens (tertiary/aromatic N) is 1. The number of carbonyl (C=O) groups is 2. The summed E-state index contributed by atoms with van der Waals surface area (Å²) in [4.78, 5) is 35.3. The summed E-state index contributed by atoms with van der Waals surface area (Å²) in [7, 11) is 1.28. The predicted octanol–water partition coefficient (Wildman–Crippen LogP) is 4.66. The number of allylic oxidation sites excluding steroid dienone is 1. The van der Waals surface area contributed by atoms with E-state index in [1.54, 1.807) is 18.2 Å². The molecule has 3 rings (SSSR count). The van der Waals surface area contributed by atoms with Gasteiger partial charge in [-0.15, -0.1) is 0 Å². The molecule has 7 nitrogen and oxygen atoms in total. The minimum atomic E-state index is -0.852. The van der Waals surface area contributed by atoms with Crippen LogP contribution < -0.4 is 5.32 Å². The predicted molar refractivity (Wildman–Crippen MR) is 117 cm³/mol. The van der Waals surface area contributed by atoms with Crippen LogP contribution in [0.25, 0.3) is 0 Å². The van der Waals surface area contributed by atoms with Gasteiger partial charge in [-0.05, 0) is 54.0 Å². The van der Waals surface area contributed by atoms with E-state index in [2.05, 4.69) is 10.1 Å². The Labute approximate surface area is 189 Å². The molecule has 31 heavy (non-hydrogen) atoms. The molecule has 1 amide bonds. The summed E-state index contributed by atoms with van der Waals surface area (Å²) < 4.78 is 4.63. The summed E-state index contributed by atoms with van der Waals surface area (Å²) in [5.41, 5.74) is 2.19. The van der Waals surface area contributed by atoms with Crippen LogP contribution in [0.5, 0.6) is 0 Å². The molecule has 1 aliphatic carbocycles. The van der Waals surface area contributed by atoms with Gasteiger partial charge in [0.2, 0.25) is 6.04 Å². The Hall–Kier alpha value is -2.90. The van der Waals surface area contributed by atoms with Crippen LogP contribution in [0.4, 0.5) is 0 Å². The SMILES string of the molecule is COC(=O)c1ccc(C(=O)NCC2=CC[C@H](c3ccc(Cl)cc3Cl)[C@@H]([N+](=O)[O-])C2)cc1. The Bertz CT molecular complexity index is 1040. The average Bonchev–Trinajstić information content (AvgIpc) is 2.77. The first kappa shape index (κ1) is 22.8. The molecule has 0 fully saturated rings. The maximum atomic E-state index is 12.4. The van der Waals surface area contributed by atoms with Gasteiger partial charge in [-0.25, -0.2) is 4.79 Å². The number of amides is 1. The summed E-state index contributed by atoms with van der Waals surface area (Å²) >= 11 is 12.2. The van der Waals surface area contributed by atoms with Crippen molar-refractivity contribution in [3.05, 3.63) is 91.0 Å². The van der Waals surface area contributed by atoms with Crippen molar-refractivity contribution >= 4 is 35.1 Å². The number of methoxy groups -OCH3 is 1. The fraction of sp³-hybridized carbons (Fsp3) is 0.273. The summed E-state index contributed by atoms with van der Waals surface area (Å²) in [6.07, 6.45) is 2.56. The molecule has 9 heteroatoms. The summed E-state index contributed by atoms with van der Waals surface area (Å²) in [5, 5.41) is 15.4. The third-order valence-electron chi connectivity index (χ3n) is 5.27. The molecule has 1 aliphatic rings. The monoisotopic (exact) mass is 462 g/mol. The molecule has 2 aromatic rings. The smallest absolute Gasteiger partial charge is 0.337 e. The molecular formula is C22H20Cl2N2O5. The van der Waals surface area contributed by atoms with Crippen LogP contribution in [0.15, 0.2) is 54.1 Å². The van der Waals surface area contributed by atoms with Crippen molar-refractivity contribution in [1.82, 2.24) is 5.32 Å². The van der Waals surface area contributed by atoms with E-state index in [9.17, 15) is 19.7 Å². The van der Waals surface area contributed by atoms with Crippen LogP contribution in [0.1, 0.15) is 45.0 Å². The molecule has 0 aromatic heterocycles. The van der Waals surface area contributed by atoms with Crippen molar-refractivity contribution in [3.8, 4) is 0 Å². The highest BCUT2D eigenvalue weighted by molar-refractivity contribution is 6.35. The second-order valence-corrected chi connectivity index (χ2v) is 8.02. The number of hydrogen-bond acceptors (Lipinski definition) is 5. The van der Waals surface area contributed by atoms with E-state index >= 15 is 0 Å². The molecule has 1 N–H and O–H groups in total. The Morgan fingerprint density at radius 1 is 1.16 bits per heavy atom. The zero-order valence-corrected chi connectivity index (χ0v) is 18.2. The average molecular weight is 463 g/mol. The lowest BCUT2D eigenvalue weighted by atomic mass is 9.80. The zero-order chi connectivity index (χ0) is 22.5. The molecule has 0 saturated carbocycles. The van der Waals surface area contributed by atoms with Gasteiger partial charge >= 0.3 is 5.97 Å². The first-order valence-electron chi connectivity index (χ1n) is 9.53. The van der Waals surface area contributed by atoms with Crippen LogP contribution in [-0.2, 0) is 4.74 Å². The van der Waals surface area contributed by atoms with Gasteiger partial charge in [-0.3, -0.25) is 14.9 Å². The molecule has 0 saturated heterocycles. The van der Waals surface area contributed by atoms with Gasteiger partial charge in [0, 0.05) is 33.5 Å². The van der Waals surface area contributed by atoms with Crippen molar-refractivity contribution in [2.75, 3.05) is 13.7 Å². The number of hydrogen-bond donors (Lipinski definition) is 1. The Balaban J connectivity index is 1.67. The van der Waals surface area contributed by atoms with Crippen LogP contribution in [0.3, 0.4) is 0 Å². The first-order chi connectivity index (χ1) is 14.8. The molecule has 0 heterocycles. The lowest BCUT2D eigenvalue weighted by molar-refractivity contribution is -0.527. The van der Waals surface area contributed by atoms with Gasteiger partial charge in [-0.1, -0.05) is 35.3 Å². The molecule has 0 radical (unpaired) electrons. The number of rotatable bonds is 6. The lowest BCUT2D eigenvalue weighted by Gasteiger charge is -2.26. The van der Waals surface area contributed by atoms with E-state index in [1.165, 1.54) is 31.4 Å². The fourth-order valence-corrected chi connectivity index (χ4v) is 4.17. The number of benzene rings is 2. The Morgan fingerprint density at radius 2 is 1.84 bits per heavy atom. The third kappa shape index (κ3) is 5.42. The van der Waals surface area contributed by atoms with Crippen LogP contribution in [0, 0.1) is 10.1 Å². The number of esters is 1. The number of halogens is 2. The minimum Gasteiger partial charge on any atom is -0.465 e. The summed E-state index contributed by atoms with van der Waals surface area (Å²) in [6, 6.07) is 10.2. The number of carbonyl (C=O) groups excluding carboxylic acids is 2. The first-order valence-corrected chi connectivity index (χ1v) is 10.3. The Morgan fingerprint density at radius 3 is 2.45 bits per heavy atom. The van der Waals surface area contributed by atoms with Gasteiger partial charge < -0.3 is 10.1 Å². The van der Waals surface area contributed by atoms with E-state index in [-0.39, 0.29) is 29.7 Å². The maximum Gasteiger partial charge on any atom is 0.337 e. The standard InChI is InChI=1S/C22H20Cl2N2O5/c1-31-22(28)15-5-3-14(4-6-15)21(27)25-12-13-2-8-18(20(10-13)26(29)30)17-9-7-16(23)11-19(17)24/h2-7,9,11,18,20H,8,10,12H2,1H3,(H,25,27)/t18-,20+/m1/s1. The normalized spacial score (nSPS) is 18.1. The second kappa shape index (κ2) is 9.94. The Kier molecular flexibility index (Phi) is 7.30. The van der Waals surface area contributed by atoms with Crippen molar-refractivity contribution in [2.24, 2.45) is 0 Å². The van der Waals surface area contributed by atoms with E-state index in [4.69, 9.17) is 23.2 Å². The molecule has 2 atom stereocenters. The van der Waals surface area contributed by atoms with Crippen molar-refractivity contribution in [1.29, 1.82) is 0 Å². The third-order valence-corrected chi connectivity index (χ3v) is 5.84. The van der Waals surface area contributed by atoms with E-state index in [0.29, 0.717) is 33.2 Å². The van der Waals surface area contributed by atoms with Crippen molar-refractivity contribution < 1.29 is 19.2 Å². The lowest BCUT2D eigenvalue weighted by Crippen LogP contribution is -2.34. The van der Waals surface area contributed by atoms with Crippen LogP contribution in [0.2, 0.25) is 10.0 Å². The fourth-order valence-electron chi connectivity index (χ4n) is 3.62. The van der Waals surface area contributed by atoms with E-state index in [0.717, 1.165) is 5.57 Å². The highest BCUT2D eigenvalue weighted by atomic mass is 35.5. The topological polar surface area (TPSA) is 98.5 Å². The maximum absolute atomic E-state index is 12.4. The summed E-state index contributed by atoms with van der Waals surface area (Å²) in [6.45, 7) is 0.197. The molecule has 0 aliphatic heterocycles. The highest BCUT2D eigenvalue weighted by Crippen LogP contribution is 2.38. The number of nitrogens with one attached hydrogen (secondary N) is 1. The van der Waals surface area contributed by atoms with Gasteiger partial charge in [-0.2, -0.15) is 0 Å². The molecule has 0 spiro atoms. The van der Waals surface area contributed by atoms with Crippen molar-refractivity contribution in [2.45, 2.75) is 24.8 Å². The van der Waals surface area contributed by atoms with Gasteiger partial charge in [0.1, 0.15) is 0 Å². The largest absolute Gasteiger partial charge is 0.465 e. The minimum absolute atomic E-state index is 0.197.